The molecule has 0 saturated carbocycles. The second-order valence-corrected chi connectivity index (χ2v) is 5.23. The summed E-state index contributed by atoms with van der Waals surface area (Å²) in [7, 11) is 0. The Bertz CT molecular complexity index is 416. The van der Waals surface area contributed by atoms with Gasteiger partial charge in [-0.05, 0) is 46.2 Å². The van der Waals surface area contributed by atoms with Crippen LogP contribution in [0, 0.1) is 19.8 Å². The van der Waals surface area contributed by atoms with Crippen LogP contribution < -0.4 is 10.6 Å². The summed E-state index contributed by atoms with van der Waals surface area (Å²) in [6, 6.07) is 0.00800. The van der Waals surface area contributed by atoms with Gasteiger partial charge in [0.1, 0.15) is 5.76 Å². The lowest BCUT2D eigenvalue weighted by atomic mass is 9.95. The van der Waals surface area contributed by atoms with Gasteiger partial charge >= 0.3 is 0 Å². The van der Waals surface area contributed by atoms with Crippen LogP contribution in [0.2, 0.25) is 0 Å². The number of piperidine rings is 1. The second-order valence-electron chi connectivity index (χ2n) is 5.23. The number of hydrogen-bond donors (Lipinski definition) is 2. The van der Waals surface area contributed by atoms with Crippen LogP contribution >= 0.6 is 0 Å². The molecule has 0 aromatic carbocycles. The highest BCUT2D eigenvalue weighted by molar-refractivity contribution is 5.79. The molecule has 0 bridgehead atoms. The number of carbonyl (C=O) groups excluding carboxylic acids is 1. The molecule has 0 radical (unpaired) electrons. The molecule has 1 aliphatic heterocycles. The Balaban J connectivity index is 2.04. The maximum Gasteiger partial charge on any atom is 0.223 e. The van der Waals surface area contributed by atoms with Gasteiger partial charge in [0.05, 0.1) is 11.7 Å². The number of aromatic nitrogens is 1. The van der Waals surface area contributed by atoms with Gasteiger partial charge < -0.3 is 15.2 Å². The molecule has 0 aliphatic carbocycles. The van der Waals surface area contributed by atoms with Gasteiger partial charge in [-0.25, -0.2) is 0 Å². The molecule has 2 heterocycles. The Morgan fingerprint density at radius 2 is 2.16 bits per heavy atom. The van der Waals surface area contributed by atoms with Gasteiger partial charge in [-0.1, -0.05) is 12.1 Å². The lowest BCUT2D eigenvalue weighted by Crippen LogP contribution is -2.39. The number of carbonyl (C=O) groups is 1. The van der Waals surface area contributed by atoms with Crippen LogP contribution in [0.5, 0.6) is 0 Å². The summed E-state index contributed by atoms with van der Waals surface area (Å²) in [5.74, 6) is 1.10. The molecule has 5 nitrogen and oxygen atoms in total. The van der Waals surface area contributed by atoms with E-state index in [1.807, 2.05) is 13.8 Å². The fourth-order valence-electron chi connectivity index (χ4n) is 2.74. The summed E-state index contributed by atoms with van der Waals surface area (Å²) in [6.45, 7) is 7.75. The Kier molecular flexibility index (Phi) is 4.58. The zero-order valence-corrected chi connectivity index (χ0v) is 12.0. The van der Waals surface area contributed by atoms with E-state index in [1.54, 1.807) is 0 Å². The quantitative estimate of drug-likeness (QED) is 0.872. The van der Waals surface area contributed by atoms with Crippen LogP contribution in [0.3, 0.4) is 0 Å². The van der Waals surface area contributed by atoms with Crippen molar-refractivity contribution in [3.05, 3.63) is 17.0 Å². The molecule has 0 spiro atoms. The Hall–Kier alpha value is -1.36. The minimum Gasteiger partial charge on any atom is -0.361 e. The largest absolute Gasteiger partial charge is 0.361 e. The van der Waals surface area contributed by atoms with E-state index in [0.717, 1.165) is 49.4 Å². The van der Waals surface area contributed by atoms with Crippen LogP contribution in [0.15, 0.2) is 4.52 Å². The summed E-state index contributed by atoms with van der Waals surface area (Å²) < 4.78 is 5.19. The van der Waals surface area contributed by atoms with Gasteiger partial charge in [0, 0.05) is 11.5 Å². The van der Waals surface area contributed by atoms with Crippen molar-refractivity contribution < 1.29 is 9.32 Å². The molecule has 1 aromatic heterocycles. The van der Waals surface area contributed by atoms with Crippen molar-refractivity contribution >= 4 is 5.91 Å². The lowest BCUT2D eigenvalue weighted by Gasteiger charge is -2.25. The predicted octanol–water partition coefficient (Wildman–Crippen LogP) is 1.86. The van der Waals surface area contributed by atoms with Crippen molar-refractivity contribution in [2.24, 2.45) is 5.92 Å². The summed E-state index contributed by atoms with van der Waals surface area (Å²) in [6.07, 6.45) is 2.69. The van der Waals surface area contributed by atoms with Gasteiger partial charge in [-0.3, -0.25) is 4.79 Å². The van der Waals surface area contributed by atoms with E-state index in [1.165, 1.54) is 0 Å². The van der Waals surface area contributed by atoms with Crippen molar-refractivity contribution in [2.45, 2.75) is 46.1 Å². The van der Waals surface area contributed by atoms with Crippen molar-refractivity contribution in [3.63, 3.8) is 0 Å². The predicted molar refractivity (Wildman–Crippen MR) is 72.7 cm³/mol. The fraction of sp³-hybridized carbons (Fsp3) is 0.714. The highest BCUT2D eigenvalue weighted by Crippen LogP contribution is 2.25. The highest BCUT2D eigenvalue weighted by atomic mass is 16.5. The fourth-order valence-corrected chi connectivity index (χ4v) is 2.74. The number of aryl methyl sites for hydroxylation is 2. The Morgan fingerprint density at radius 3 is 2.68 bits per heavy atom. The van der Waals surface area contributed by atoms with Crippen LogP contribution in [0.25, 0.3) is 0 Å². The maximum absolute atomic E-state index is 12.3. The molecule has 5 heteroatoms. The van der Waals surface area contributed by atoms with Crippen molar-refractivity contribution in [3.8, 4) is 0 Å². The van der Waals surface area contributed by atoms with Crippen molar-refractivity contribution in [1.29, 1.82) is 0 Å². The molecule has 19 heavy (non-hydrogen) atoms. The minimum absolute atomic E-state index is 0.00800. The van der Waals surface area contributed by atoms with Gasteiger partial charge in [-0.15, -0.1) is 0 Å². The first-order chi connectivity index (χ1) is 9.13. The third-order valence-electron chi connectivity index (χ3n) is 3.87. The monoisotopic (exact) mass is 265 g/mol. The first-order valence-electron chi connectivity index (χ1n) is 7.07. The average molecular weight is 265 g/mol. The van der Waals surface area contributed by atoms with E-state index in [9.17, 15) is 4.79 Å². The molecule has 1 aliphatic rings. The van der Waals surface area contributed by atoms with E-state index in [2.05, 4.69) is 22.7 Å². The van der Waals surface area contributed by atoms with Crippen LogP contribution in [-0.4, -0.2) is 24.2 Å². The smallest absolute Gasteiger partial charge is 0.223 e. The van der Waals surface area contributed by atoms with E-state index in [0.29, 0.717) is 0 Å². The summed E-state index contributed by atoms with van der Waals surface area (Å²) in [5.41, 5.74) is 1.90. The van der Waals surface area contributed by atoms with Crippen LogP contribution in [0.1, 0.15) is 49.2 Å². The number of hydrogen-bond acceptors (Lipinski definition) is 4. The standard InChI is InChI=1S/C14H23N3O2/c1-4-12(13-9(2)17-19-10(13)3)16-14(18)11-5-7-15-8-6-11/h11-12,15H,4-8H2,1-3H3,(H,16,18). The number of nitrogens with one attached hydrogen (secondary N) is 2. The number of rotatable bonds is 4. The minimum atomic E-state index is 0.00800. The molecule has 1 unspecified atom stereocenters. The summed E-state index contributed by atoms with van der Waals surface area (Å²) in [4.78, 5) is 12.3. The van der Waals surface area contributed by atoms with Gasteiger partial charge in [0.15, 0.2) is 0 Å². The number of nitrogens with zero attached hydrogens (tertiary/aromatic N) is 1. The molecule has 1 saturated heterocycles. The zero-order chi connectivity index (χ0) is 13.8. The molecule has 106 valence electrons. The topological polar surface area (TPSA) is 67.2 Å². The number of amides is 1. The van der Waals surface area contributed by atoms with Crippen molar-refractivity contribution in [2.75, 3.05) is 13.1 Å². The second kappa shape index (κ2) is 6.19. The first-order valence-corrected chi connectivity index (χ1v) is 7.07. The summed E-state index contributed by atoms with van der Waals surface area (Å²) in [5, 5.41) is 10.4. The molecule has 1 amide bonds. The average Bonchev–Trinajstić information content (AvgIpc) is 2.76. The molecule has 1 atom stereocenters. The van der Waals surface area contributed by atoms with E-state index in [-0.39, 0.29) is 17.9 Å². The van der Waals surface area contributed by atoms with Gasteiger partial charge in [0.2, 0.25) is 5.91 Å². The molecular weight excluding hydrogens is 242 g/mol. The van der Waals surface area contributed by atoms with E-state index >= 15 is 0 Å². The third-order valence-corrected chi connectivity index (χ3v) is 3.87. The normalized spacial score (nSPS) is 18.3. The SMILES string of the molecule is CCC(NC(=O)C1CCNCC1)c1c(C)noc1C. The molecule has 1 aromatic rings. The molecule has 2 rings (SSSR count). The Morgan fingerprint density at radius 1 is 1.47 bits per heavy atom. The third kappa shape index (κ3) is 3.15. The molecule has 1 fully saturated rings. The van der Waals surface area contributed by atoms with Crippen molar-refractivity contribution in [1.82, 2.24) is 15.8 Å². The zero-order valence-electron chi connectivity index (χ0n) is 12.0. The maximum atomic E-state index is 12.3. The first kappa shape index (κ1) is 14.1. The summed E-state index contributed by atoms with van der Waals surface area (Å²) >= 11 is 0. The van der Waals surface area contributed by atoms with Crippen LogP contribution in [-0.2, 0) is 4.79 Å². The Labute approximate surface area is 114 Å². The lowest BCUT2D eigenvalue weighted by molar-refractivity contribution is -0.126. The van der Waals surface area contributed by atoms with E-state index < -0.39 is 0 Å². The van der Waals surface area contributed by atoms with Gasteiger partial charge in [0.25, 0.3) is 0 Å². The van der Waals surface area contributed by atoms with Crippen LogP contribution in [0.4, 0.5) is 0 Å². The molecular formula is C14H23N3O2. The molecule has 2 N–H and O–H groups in total. The van der Waals surface area contributed by atoms with E-state index in [4.69, 9.17) is 4.52 Å². The highest BCUT2D eigenvalue weighted by Gasteiger charge is 2.26. The van der Waals surface area contributed by atoms with Gasteiger partial charge in [-0.2, -0.15) is 0 Å².